The van der Waals surface area contributed by atoms with Gasteiger partial charge in [0.15, 0.2) is 0 Å². The first-order chi connectivity index (χ1) is 28.7. The van der Waals surface area contributed by atoms with Crippen molar-refractivity contribution in [2.45, 2.75) is 12.3 Å². The first-order valence-electron chi connectivity index (χ1n) is 20.0. The first-order valence-corrected chi connectivity index (χ1v) is 20.0. The third-order valence-corrected chi connectivity index (χ3v) is 12.5. The molecule has 0 bridgehead atoms. The van der Waals surface area contributed by atoms with Crippen LogP contribution in [0.4, 0.5) is 0 Å². The number of fused-ring (bicyclic) bond motifs is 12. The average molecular weight is 743 g/mol. The number of furan rings is 2. The van der Waals surface area contributed by atoms with E-state index in [1.165, 1.54) is 60.7 Å². The fourth-order valence-electron chi connectivity index (χ4n) is 9.91. The summed E-state index contributed by atoms with van der Waals surface area (Å²) in [6.45, 7) is 0. The molecule has 0 amide bonds. The van der Waals surface area contributed by atoms with Crippen molar-refractivity contribution in [2.24, 2.45) is 0 Å². The summed E-state index contributed by atoms with van der Waals surface area (Å²) >= 11 is 0. The van der Waals surface area contributed by atoms with Crippen molar-refractivity contribution < 1.29 is 8.83 Å². The molecule has 0 spiro atoms. The number of aromatic nitrogens is 2. The zero-order valence-corrected chi connectivity index (χ0v) is 31.4. The fraction of sp³-hybridized carbons (Fsp3) is 0.0370. The van der Waals surface area contributed by atoms with Crippen LogP contribution in [0, 0.1) is 0 Å². The molecule has 272 valence electrons. The maximum Gasteiger partial charge on any atom is 0.135 e. The number of hydrogen-bond donors (Lipinski definition) is 0. The monoisotopic (exact) mass is 742 g/mol. The molecule has 58 heavy (non-hydrogen) atoms. The van der Waals surface area contributed by atoms with Gasteiger partial charge in [0.05, 0.1) is 16.6 Å². The minimum Gasteiger partial charge on any atom is -0.456 e. The van der Waals surface area contributed by atoms with E-state index in [1.54, 1.807) is 0 Å². The van der Waals surface area contributed by atoms with Crippen LogP contribution >= 0.6 is 0 Å². The lowest BCUT2D eigenvalue weighted by Crippen LogP contribution is -2.08. The number of rotatable bonds is 4. The van der Waals surface area contributed by atoms with Crippen LogP contribution in [0.3, 0.4) is 0 Å². The number of nitrogens with zero attached hydrogens (tertiary/aromatic N) is 2. The van der Waals surface area contributed by atoms with Gasteiger partial charge in [0, 0.05) is 60.7 Å². The Labute approximate surface area is 333 Å². The standard InChI is InChI=1S/C54H34N2O2/c1-2-12-38(34-22-26-50-44(30-34)40-14-4-8-18-48(40)56(50)36-24-28-54-46(32-36)42-16-6-10-20-52(42)58-54)37(11-1)33-21-25-49-43(29-33)39-13-3-7-17-47(39)55(49)35-23-27-53-45(31-35)41-15-5-9-19-51(41)57-53/h1-29,31-32,34H,30H2. The number of hydrogen-bond acceptors (Lipinski definition) is 2. The lowest BCUT2D eigenvalue weighted by Gasteiger charge is -2.22. The van der Waals surface area contributed by atoms with Gasteiger partial charge in [-0.25, -0.2) is 0 Å². The number of benzene rings is 8. The summed E-state index contributed by atoms with van der Waals surface area (Å²) in [6, 6.07) is 63.4. The van der Waals surface area contributed by atoms with Gasteiger partial charge in [-0.2, -0.15) is 0 Å². The third-order valence-electron chi connectivity index (χ3n) is 12.5. The molecule has 8 aromatic carbocycles. The largest absolute Gasteiger partial charge is 0.456 e. The van der Waals surface area contributed by atoms with Crippen molar-refractivity contribution in [3.8, 4) is 22.5 Å². The van der Waals surface area contributed by atoms with Crippen LogP contribution in [0.5, 0.6) is 0 Å². The highest BCUT2D eigenvalue weighted by Crippen LogP contribution is 2.43. The van der Waals surface area contributed by atoms with Gasteiger partial charge in [0.1, 0.15) is 22.3 Å². The van der Waals surface area contributed by atoms with Crippen LogP contribution in [0.2, 0.25) is 0 Å². The van der Waals surface area contributed by atoms with Gasteiger partial charge in [-0.1, -0.05) is 109 Å². The first kappa shape index (κ1) is 31.6. The molecular weight excluding hydrogens is 709 g/mol. The molecule has 4 heteroatoms. The van der Waals surface area contributed by atoms with Crippen molar-refractivity contribution in [1.82, 2.24) is 9.13 Å². The van der Waals surface area contributed by atoms with Crippen LogP contribution in [0.1, 0.15) is 22.7 Å². The fourth-order valence-corrected chi connectivity index (χ4v) is 9.91. The van der Waals surface area contributed by atoms with Crippen molar-refractivity contribution >= 4 is 82.7 Å². The Hall–Kier alpha value is -7.56. The maximum atomic E-state index is 6.20. The summed E-state index contributed by atoms with van der Waals surface area (Å²) in [6.07, 6.45) is 5.69. The molecule has 1 aliphatic carbocycles. The van der Waals surface area contributed by atoms with Crippen LogP contribution < -0.4 is 0 Å². The molecule has 13 rings (SSSR count). The molecule has 0 fully saturated rings. The van der Waals surface area contributed by atoms with E-state index in [0.717, 1.165) is 61.7 Å². The minimum atomic E-state index is 0.219. The highest BCUT2D eigenvalue weighted by molar-refractivity contribution is 6.12. The van der Waals surface area contributed by atoms with Gasteiger partial charge in [0.2, 0.25) is 0 Å². The molecule has 4 heterocycles. The van der Waals surface area contributed by atoms with Gasteiger partial charge in [-0.3, -0.25) is 0 Å². The third kappa shape index (κ3) is 4.51. The summed E-state index contributed by atoms with van der Waals surface area (Å²) in [4.78, 5) is 0. The van der Waals surface area contributed by atoms with Crippen LogP contribution in [0.15, 0.2) is 191 Å². The van der Waals surface area contributed by atoms with Crippen molar-refractivity contribution in [2.75, 3.05) is 0 Å². The number of allylic oxidation sites excluding steroid dienone is 1. The highest BCUT2D eigenvalue weighted by Gasteiger charge is 2.26. The van der Waals surface area contributed by atoms with Gasteiger partial charge in [-0.15, -0.1) is 0 Å². The molecule has 1 unspecified atom stereocenters. The minimum absolute atomic E-state index is 0.219. The molecule has 4 aromatic heterocycles. The van der Waals surface area contributed by atoms with Gasteiger partial charge in [0.25, 0.3) is 0 Å². The smallest absolute Gasteiger partial charge is 0.135 e. The van der Waals surface area contributed by atoms with E-state index in [2.05, 4.69) is 173 Å². The van der Waals surface area contributed by atoms with Gasteiger partial charge < -0.3 is 18.0 Å². The van der Waals surface area contributed by atoms with Gasteiger partial charge >= 0.3 is 0 Å². The predicted molar refractivity (Wildman–Crippen MR) is 240 cm³/mol. The van der Waals surface area contributed by atoms with Gasteiger partial charge in [-0.05, 0) is 108 Å². The van der Waals surface area contributed by atoms with E-state index in [9.17, 15) is 0 Å². The van der Waals surface area contributed by atoms with Crippen molar-refractivity contribution in [1.29, 1.82) is 0 Å². The molecular formula is C54H34N2O2. The van der Waals surface area contributed by atoms with Crippen LogP contribution in [-0.4, -0.2) is 9.13 Å². The Morgan fingerprint density at radius 2 is 0.966 bits per heavy atom. The molecule has 0 saturated heterocycles. The topological polar surface area (TPSA) is 36.1 Å². The van der Waals surface area contributed by atoms with E-state index in [4.69, 9.17) is 8.83 Å². The quantitative estimate of drug-likeness (QED) is 0.180. The molecule has 4 nitrogen and oxygen atoms in total. The van der Waals surface area contributed by atoms with E-state index in [1.807, 2.05) is 24.3 Å². The molecule has 12 aromatic rings. The van der Waals surface area contributed by atoms with E-state index >= 15 is 0 Å². The molecule has 0 radical (unpaired) electrons. The van der Waals surface area contributed by atoms with E-state index < -0.39 is 0 Å². The lowest BCUT2D eigenvalue weighted by atomic mass is 9.83. The van der Waals surface area contributed by atoms with Crippen LogP contribution in [-0.2, 0) is 6.42 Å². The predicted octanol–water partition coefficient (Wildman–Crippen LogP) is 14.5. The Bertz CT molecular complexity index is 3680. The molecule has 1 aliphatic rings. The zero-order valence-electron chi connectivity index (χ0n) is 31.4. The summed E-state index contributed by atoms with van der Waals surface area (Å²) < 4.78 is 17.2. The molecule has 1 atom stereocenters. The summed E-state index contributed by atoms with van der Waals surface area (Å²) in [5.41, 5.74) is 16.0. The SMILES string of the molecule is C1=CC(c2ccccc2-c2ccc3c(c2)c2ccccc2n3-c2ccc3oc4ccccc4c3c2)Cc2c1n(-c1ccc3oc4ccccc4c3c1)c1ccccc21. The second-order valence-corrected chi connectivity index (χ2v) is 15.6. The summed E-state index contributed by atoms with van der Waals surface area (Å²) in [5, 5.41) is 8.33. The average Bonchev–Trinajstić information content (AvgIpc) is 4.03. The Kier molecular flexibility index (Phi) is 6.53. The second-order valence-electron chi connectivity index (χ2n) is 15.6. The molecule has 0 N–H and O–H groups in total. The Balaban J connectivity index is 0.923. The van der Waals surface area contributed by atoms with E-state index in [0.29, 0.717) is 0 Å². The molecule has 0 saturated carbocycles. The lowest BCUT2D eigenvalue weighted by molar-refractivity contribution is 0.668. The summed E-state index contributed by atoms with van der Waals surface area (Å²) in [5.74, 6) is 0.219. The Morgan fingerprint density at radius 1 is 0.414 bits per heavy atom. The normalized spacial score (nSPS) is 14.2. The Morgan fingerprint density at radius 3 is 1.69 bits per heavy atom. The van der Waals surface area contributed by atoms with Crippen molar-refractivity contribution in [3.63, 3.8) is 0 Å². The summed E-state index contributed by atoms with van der Waals surface area (Å²) in [7, 11) is 0. The van der Waals surface area contributed by atoms with E-state index in [-0.39, 0.29) is 5.92 Å². The number of para-hydroxylation sites is 4. The zero-order chi connectivity index (χ0) is 37.9. The second kappa shape index (κ2) is 12.0. The van der Waals surface area contributed by atoms with Crippen molar-refractivity contribution in [3.05, 3.63) is 199 Å². The highest BCUT2D eigenvalue weighted by atomic mass is 16.3. The molecule has 0 aliphatic heterocycles. The maximum absolute atomic E-state index is 6.20. The van der Waals surface area contributed by atoms with Crippen LogP contribution in [0.25, 0.3) is 105 Å².